The fourth-order valence-corrected chi connectivity index (χ4v) is 3.85. The van der Waals surface area contributed by atoms with Gasteiger partial charge in [0.1, 0.15) is 23.0 Å². The molecule has 151 valence electrons. The number of aryl methyl sites for hydroxylation is 2. The molecule has 4 rings (SSSR count). The van der Waals surface area contributed by atoms with Gasteiger partial charge in [-0.1, -0.05) is 26.7 Å². The molecule has 0 spiro atoms. The minimum absolute atomic E-state index is 0.0142. The Bertz CT molecular complexity index is 1250. The van der Waals surface area contributed by atoms with Gasteiger partial charge in [-0.3, -0.25) is 4.79 Å². The summed E-state index contributed by atoms with van der Waals surface area (Å²) in [4.78, 5) is 25.0. The number of hydrogen-bond donors (Lipinski definition) is 0. The first-order valence-corrected chi connectivity index (χ1v) is 9.98. The molecule has 5 nitrogen and oxygen atoms in total. The first-order chi connectivity index (χ1) is 14.0. The van der Waals surface area contributed by atoms with Crippen molar-refractivity contribution in [3.63, 3.8) is 0 Å². The molecular formula is C23H22FO5. The summed E-state index contributed by atoms with van der Waals surface area (Å²) in [5, 5.41) is 0.431. The highest BCUT2D eigenvalue weighted by atomic mass is 19.1. The molecule has 1 radical (unpaired) electrons. The van der Waals surface area contributed by atoms with Gasteiger partial charge in [0.2, 0.25) is 5.82 Å². The molecule has 1 aromatic carbocycles. The standard InChI is InChI=1S/C23H22FO5/c1-4-6-8-13-9-10-15-20(28-13)17-14(7-5-2)19(24)23(26)29-22(17)18-16(25)11-12(3)27-21(15)18/h9,11,13H,4-8H2,1-3H3. The van der Waals surface area contributed by atoms with Crippen LogP contribution in [0.5, 0.6) is 5.75 Å². The van der Waals surface area contributed by atoms with Crippen molar-refractivity contribution in [1.29, 1.82) is 0 Å². The Kier molecular flexibility index (Phi) is 5.03. The second-order valence-corrected chi connectivity index (χ2v) is 7.38. The Labute approximate surface area is 166 Å². The normalized spacial score (nSPS) is 15.7. The van der Waals surface area contributed by atoms with Crippen molar-refractivity contribution in [2.75, 3.05) is 0 Å². The summed E-state index contributed by atoms with van der Waals surface area (Å²) in [5.74, 6) is -0.172. The minimum atomic E-state index is -1.10. The Balaban J connectivity index is 2.17. The molecule has 2 aromatic heterocycles. The molecule has 3 aromatic rings. The Morgan fingerprint density at radius 1 is 1.10 bits per heavy atom. The molecule has 3 heterocycles. The maximum Gasteiger partial charge on any atom is 0.372 e. The Morgan fingerprint density at radius 3 is 2.62 bits per heavy atom. The van der Waals surface area contributed by atoms with Crippen molar-refractivity contribution in [3.8, 4) is 5.75 Å². The van der Waals surface area contributed by atoms with E-state index in [0.29, 0.717) is 35.3 Å². The summed E-state index contributed by atoms with van der Waals surface area (Å²) >= 11 is 0. The zero-order valence-corrected chi connectivity index (χ0v) is 16.7. The number of benzene rings is 1. The average Bonchev–Trinajstić information content (AvgIpc) is 2.69. The summed E-state index contributed by atoms with van der Waals surface area (Å²) in [6, 6.07) is 1.33. The lowest BCUT2D eigenvalue weighted by Gasteiger charge is -2.24. The number of rotatable bonds is 5. The SMILES string of the molecule is CCCCC1C=[C]c2c(c3c(CCC)c(F)c(=O)oc3c3c(=O)cc(C)oc23)O1. The van der Waals surface area contributed by atoms with Crippen LogP contribution < -0.4 is 15.8 Å². The van der Waals surface area contributed by atoms with Gasteiger partial charge in [-0.15, -0.1) is 0 Å². The molecule has 0 aliphatic carbocycles. The predicted octanol–water partition coefficient (Wildman–Crippen LogP) is 4.96. The van der Waals surface area contributed by atoms with E-state index in [1.807, 2.05) is 6.92 Å². The molecule has 1 unspecified atom stereocenters. The highest BCUT2D eigenvalue weighted by molar-refractivity contribution is 6.08. The highest BCUT2D eigenvalue weighted by Gasteiger charge is 2.29. The van der Waals surface area contributed by atoms with Gasteiger partial charge >= 0.3 is 5.63 Å². The van der Waals surface area contributed by atoms with Gasteiger partial charge < -0.3 is 13.6 Å². The summed E-state index contributed by atoms with van der Waals surface area (Å²) in [7, 11) is 0. The summed E-state index contributed by atoms with van der Waals surface area (Å²) < 4.78 is 32.1. The maximum absolute atomic E-state index is 14.8. The van der Waals surface area contributed by atoms with Crippen molar-refractivity contribution >= 4 is 21.9 Å². The van der Waals surface area contributed by atoms with Gasteiger partial charge in [0.05, 0.1) is 10.9 Å². The number of fused-ring (bicyclic) bond motifs is 6. The van der Waals surface area contributed by atoms with Crippen molar-refractivity contribution in [2.24, 2.45) is 0 Å². The molecule has 6 heteroatoms. The predicted molar refractivity (Wildman–Crippen MR) is 108 cm³/mol. The van der Waals surface area contributed by atoms with Crippen LogP contribution in [0.25, 0.3) is 21.9 Å². The largest absolute Gasteiger partial charge is 0.485 e. The van der Waals surface area contributed by atoms with E-state index in [2.05, 4.69) is 13.0 Å². The first-order valence-electron chi connectivity index (χ1n) is 9.98. The van der Waals surface area contributed by atoms with Gasteiger partial charge in [0.15, 0.2) is 16.6 Å². The topological polar surface area (TPSA) is 69.7 Å². The zero-order valence-electron chi connectivity index (χ0n) is 16.7. The molecule has 0 amide bonds. The third-order valence-corrected chi connectivity index (χ3v) is 5.17. The van der Waals surface area contributed by atoms with Crippen LogP contribution in [-0.4, -0.2) is 6.10 Å². The van der Waals surface area contributed by atoms with Crippen LogP contribution >= 0.6 is 0 Å². The lowest BCUT2D eigenvalue weighted by atomic mass is 9.96. The van der Waals surface area contributed by atoms with Crippen LogP contribution in [0.4, 0.5) is 4.39 Å². The van der Waals surface area contributed by atoms with Gasteiger partial charge in [-0.2, -0.15) is 4.39 Å². The number of unbranched alkanes of at least 4 members (excludes halogenated alkanes) is 1. The van der Waals surface area contributed by atoms with E-state index in [1.54, 1.807) is 13.0 Å². The first kappa shape index (κ1) is 19.4. The fraction of sp³-hybridized carbons (Fsp3) is 0.391. The van der Waals surface area contributed by atoms with E-state index >= 15 is 0 Å². The van der Waals surface area contributed by atoms with E-state index in [0.717, 1.165) is 19.3 Å². The van der Waals surface area contributed by atoms with Gasteiger partial charge in [0, 0.05) is 11.6 Å². The Hall–Kier alpha value is -2.89. The van der Waals surface area contributed by atoms with E-state index in [4.69, 9.17) is 13.6 Å². The molecule has 1 aliphatic heterocycles. The van der Waals surface area contributed by atoms with E-state index in [-0.39, 0.29) is 33.6 Å². The number of halogens is 1. The van der Waals surface area contributed by atoms with Crippen LogP contribution in [0.15, 0.2) is 30.6 Å². The molecule has 0 saturated heterocycles. The van der Waals surface area contributed by atoms with E-state index in [9.17, 15) is 14.0 Å². The van der Waals surface area contributed by atoms with Gasteiger partial charge in [-0.05, 0) is 38.3 Å². The maximum atomic E-state index is 14.8. The summed E-state index contributed by atoms with van der Waals surface area (Å²) in [6.07, 6.45) is 8.45. The van der Waals surface area contributed by atoms with E-state index < -0.39 is 11.4 Å². The van der Waals surface area contributed by atoms with Crippen LogP contribution in [0.3, 0.4) is 0 Å². The number of hydrogen-bond acceptors (Lipinski definition) is 5. The smallest absolute Gasteiger partial charge is 0.372 e. The second-order valence-electron chi connectivity index (χ2n) is 7.38. The third kappa shape index (κ3) is 3.16. The fourth-order valence-electron chi connectivity index (χ4n) is 3.85. The van der Waals surface area contributed by atoms with Crippen molar-refractivity contribution < 1.29 is 18.0 Å². The molecule has 0 fully saturated rings. The van der Waals surface area contributed by atoms with Gasteiger partial charge in [-0.25, -0.2) is 4.79 Å². The third-order valence-electron chi connectivity index (χ3n) is 5.17. The molecule has 0 saturated carbocycles. The van der Waals surface area contributed by atoms with Gasteiger partial charge in [0.25, 0.3) is 0 Å². The lowest BCUT2D eigenvalue weighted by Crippen LogP contribution is -2.20. The van der Waals surface area contributed by atoms with Crippen LogP contribution in [-0.2, 0) is 6.42 Å². The van der Waals surface area contributed by atoms with Crippen LogP contribution in [0, 0.1) is 18.8 Å². The molecular weight excluding hydrogens is 375 g/mol. The summed E-state index contributed by atoms with van der Waals surface area (Å²) in [6.45, 7) is 5.65. The second kappa shape index (κ2) is 7.50. The highest BCUT2D eigenvalue weighted by Crippen LogP contribution is 2.42. The average molecular weight is 397 g/mol. The van der Waals surface area contributed by atoms with E-state index in [1.165, 1.54) is 6.07 Å². The van der Waals surface area contributed by atoms with Crippen molar-refractivity contribution in [3.05, 3.63) is 61.6 Å². The molecule has 29 heavy (non-hydrogen) atoms. The van der Waals surface area contributed by atoms with Crippen molar-refractivity contribution in [2.45, 2.75) is 59.0 Å². The minimum Gasteiger partial charge on any atom is -0.485 e. The molecule has 1 aliphatic rings. The molecule has 0 bridgehead atoms. The Morgan fingerprint density at radius 2 is 1.90 bits per heavy atom. The number of ether oxygens (including phenoxy) is 1. The lowest BCUT2D eigenvalue weighted by molar-refractivity contribution is 0.230. The summed E-state index contributed by atoms with van der Waals surface area (Å²) in [5.41, 5.74) is -0.551. The quantitative estimate of drug-likeness (QED) is 0.450. The van der Waals surface area contributed by atoms with Crippen LogP contribution in [0.2, 0.25) is 0 Å². The molecule has 0 N–H and O–H groups in total. The zero-order chi connectivity index (χ0) is 20.7. The monoisotopic (exact) mass is 397 g/mol. The molecule has 1 atom stereocenters. The van der Waals surface area contributed by atoms with Crippen LogP contribution in [0.1, 0.15) is 56.4 Å². The van der Waals surface area contributed by atoms with Crippen molar-refractivity contribution in [1.82, 2.24) is 0 Å².